The number of amides is 7. The molecule has 3 aromatic carbocycles. The van der Waals surface area contributed by atoms with Gasteiger partial charge in [-0.3, -0.25) is 53.1 Å². The van der Waals surface area contributed by atoms with Crippen LogP contribution in [0.25, 0.3) is 0 Å². The largest absolute Gasteiger partial charge is 0.493 e. The second kappa shape index (κ2) is 43.2. The number of rotatable bonds is 50. The monoisotopic (exact) mass is 1510 g/mol. The van der Waals surface area contributed by atoms with E-state index in [1.807, 2.05) is 27.7 Å². The molecule has 0 aromatic heterocycles. The standard InChI is InChI=1S/C77H103N7O24/c1-51(2)58(41-57(85)18-23-98-25-27-100-29-31-102-33-35-104-37-38-105-36-34-103-32-30-101-28-26-99-24-19-78-69(87)17-20-81-70(88)15-16-71(81)89)72(90)80-54(5)64(86)40-55-11-13-56(14-12-55)49-108-76(94)84-62-45-68(66(97-7)43-60(62)73(91)82-47-52(3)39-63(82)75(84)93)107-22-10-8-9-21-106-67-44-61-59(42-65(67)96-6)74(92)83-48-53(4)46-77(83,95)50-79-61/h11-16,42-45,47-48,50-51,54,58,63,75,93,95H,8-10,17-41,46,49H2,1-7H3,(H,78,87)(H,80,90)/t54-,58-,63-,75-,77+/m0/s1. The predicted molar refractivity (Wildman–Crippen MR) is 391 cm³/mol. The molecule has 0 saturated carbocycles. The number of aliphatic imine (C=N–C) groups is 1. The molecule has 0 fully saturated rings. The predicted octanol–water partition coefficient (Wildman–Crippen LogP) is 5.88. The molecule has 0 spiro atoms. The molecule has 0 aliphatic carbocycles. The lowest BCUT2D eigenvalue weighted by molar-refractivity contribution is -0.137. The number of fused-ring (bicyclic) bond motifs is 4. The molecule has 7 amide bonds. The summed E-state index contributed by atoms with van der Waals surface area (Å²) in [6, 6.07) is 11.3. The molecule has 0 unspecified atom stereocenters. The average Bonchev–Trinajstić information content (AvgIpc) is 1.62. The van der Waals surface area contributed by atoms with Crippen molar-refractivity contribution in [2.75, 3.05) is 151 Å². The Labute approximate surface area is 629 Å². The second-order valence-corrected chi connectivity index (χ2v) is 26.8. The van der Waals surface area contributed by atoms with Crippen LogP contribution in [0.4, 0.5) is 16.2 Å². The summed E-state index contributed by atoms with van der Waals surface area (Å²) in [6.07, 6.45) is 7.02. The zero-order valence-electron chi connectivity index (χ0n) is 62.7. The highest BCUT2D eigenvalue weighted by molar-refractivity contribution is 6.13. The van der Waals surface area contributed by atoms with E-state index in [2.05, 4.69) is 15.6 Å². The van der Waals surface area contributed by atoms with Gasteiger partial charge in [0, 0.05) is 87.8 Å². The van der Waals surface area contributed by atoms with Crippen molar-refractivity contribution < 1.29 is 115 Å². The Morgan fingerprint density at radius 3 is 1.72 bits per heavy atom. The van der Waals surface area contributed by atoms with E-state index in [1.54, 1.807) is 55.7 Å². The van der Waals surface area contributed by atoms with Gasteiger partial charge in [0.1, 0.15) is 12.4 Å². The van der Waals surface area contributed by atoms with Crippen LogP contribution in [0.3, 0.4) is 0 Å². The smallest absolute Gasteiger partial charge is 0.416 e. The van der Waals surface area contributed by atoms with Crippen LogP contribution < -0.4 is 34.5 Å². The zero-order chi connectivity index (χ0) is 77.5. The lowest BCUT2D eigenvalue weighted by Gasteiger charge is -2.31. The van der Waals surface area contributed by atoms with Crippen LogP contribution in [0.5, 0.6) is 23.0 Å². The van der Waals surface area contributed by atoms with Gasteiger partial charge in [-0.1, -0.05) is 49.3 Å². The van der Waals surface area contributed by atoms with E-state index in [1.165, 1.54) is 54.5 Å². The third-order valence-electron chi connectivity index (χ3n) is 18.2. The van der Waals surface area contributed by atoms with E-state index < -0.39 is 65.6 Å². The Morgan fingerprint density at radius 1 is 0.620 bits per heavy atom. The Bertz CT molecular complexity index is 3680. The summed E-state index contributed by atoms with van der Waals surface area (Å²) in [6.45, 7) is 15.2. The molecule has 31 nitrogen and oxygen atoms in total. The van der Waals surface area contributed by atoms with Crippen molar-refractivity contribution >= 4 is 70.7 Å². The minimum atomic E-state index is -1.56. The van der Waals surface area contributed by atoms with Crippen LogP contribution in [0.15, 0.2) is 89.2 Å². The van der Waals surface area contributed by atoms with Gasteiger partial charge in [0.05, 0.1) is 174 Å². The molecular formula is C77H103N7O24. The van der Waals surface area contributed by atoms with E-state index in [-0.39, 0.29) is 117 Å². The summed E-state index contributed by atoms with van der Waals surface area (Å²) in [7, 11) is 2.91. The third kappa shape index (κ3) is 25.0. The van der Waals surface area contributed by atoms with Crippen LogP contribution >= 0.6 is 0 Å². The number of imide groups is 1. The number of unbranched alkanes of at least 4 members (excludes halogenated alkanes) is 2. The Hall–Kier alpha value is -9.02. The van der Waals surface area contributed by atoms with Gasteiger partial charge in [0.15, 0.2) is 40.7 Å². The van der Waals surface area contributed by atoms with Crippen molar-refractivity contribution in [1.82, 2.24) is 25.3 Å². The molecule has 0 saturated heterocycles. The summed E-state index contributed by atoms with van der Waals surface area (Å²) in [4.78, 5) is 126. The number of aliphatic hydroxyl groups is 2. The third-order valence-corrected chi connectivity index (χ3v) is 18.2. The molecule has 3 aromatic rings. The highest BCUT2D eigenvalue weighted by Crippen LogP contribution is 2.44. The molecule has 5 heterocycles. The quantitative estimate of drug-likeness (QED) is 0.0378. The maximum Gasteiger partial charge on any atom is 0.416 e. The molecule has 108 heavy (non-hydrogen) atoms. The molecule has 4 N–H and O–H groups in total. The first-order valence-electron chi connectivity index (χ1n) is 36.6. The highest BCUT2D eigenvalue weighted by Gasteiger charge is 2.46. The number of carbonyl (C=O) groups is 9. The number of Topliss-reactive ketones (excluding diaryl/α,β-unsaturated/α-hetero) is 2. The fourth-order valence-electron chi connectivity index (χ4n) is 12.2. The molecule has 5 atom stereocenters. The van der Waals surface area contributed by atoms with Crippen LogP contribution in [-0.4, -0.2) is 254 Å². The van der Waals surface area contributed by atoms with Gasteiger partial charge in [0.25, 0.3) is 23.6 Å². The second-order valence-electron chi connectivity index (χ2n) is 26.8. The Kier molecular flexibility index (Phi) is 33.9. The summed E-state index contributed by atoms with van der Waals surface area (Å²) < 4.78 is 73.6. The van der Waals surface area contributed by atoms with Gasteiger partial charge < -0.3 is 87.3 Å². The first-order valence-corrected chi connectivity index (χ1v) is 36.6. The number of ketones is 2. The first-order chi connectivity index (χ1) is 52.1. The summed E-state index contributed by atoms with van der Waals surface area (Å²) in [5.74, 6) is -2.48. The van der Waals surface area contributed by atoms with Gasteiger partial charge >= 0.3 is 6.09 Å². The van der Waals surface area contributed by atoms with Gasteiger partial charge in [-0.25, -0.2) is 9.69 Å². The molecule has 5 aliphatic rings. The fourth-order valence-corrected chi connectivity index (χ4v) is 12.2. The minimum Gasteiger partial charge on any atom is -0.493 e. The van der Waals surface area contributed by atoms with Crippen LogP contribution in [0.1, 0.15) is 118 Å². The van der Waals surface area contributed by atoms with E-state index in [9.17, 15) is 53.4 Å². The van der Waals surface area contributed by atoms with E-state index >= 15 is 0 Å². The van der Waals surface area contributed by atoms with E-state index in [0.717, 1.165) is 20.9 Å². The highest BCUT2D eigenvalue weighted by atomic mass is 16.6. The van der Waals surface area contributed by atoms with Crippen molar-refractivity contribution in [3.8, 4) is 23.0 Å². The van der Waals surface area contributed by atoms with Gasteiger partial charge in [-0.05, 0) is 75.6 Å². The molecule has 31 heteroatoms. The van der Waals surface area contributed by atoms with Crippen molar-refractivity contribution in [1.29, 1.82) is 0 Å². The number of hydrogen-bond acceptors (Lipinski definition) is 25. The van der Waals surface area contributed by atoms with Gasteiger partial charge in [-0.2, -0.15) is 0 Å². The van der Waals surface area contributed by atoms with Crippen molar-refractivity contribution in [3.05, 3.63) is 106 Å². The summed E-state index contributed by atoms with van der Waals surface area (Å²) >= 11 is 0. The SMILES string of the molecule is COc1cc2c(cc1OCCCCCOc1cc3c(cc1OC)C(=O)N1C=C(C)C[C@H]1[C@H](O)N3C(=O)OCc1ccc(CC(=O)[C@H](C)NC(=O)[C@@H](CC(=O)CCOCCOCCOCCOCCOCCOCCOCCOCCNC(=O)CCN3C(=O)C=CC3=O)C(C)C)cc1)N=C[C@]1(O)CC(C)=CN1C2=O. The van der Waals surface area contributed by atoms with Crippen LogP contribution in [0.2, 0.25) is 0 Å². The number of ether oxygens (including phenoxy) is 13. The lowest BCUT2D eigenvalue weighted by atomic mass is 9.88. The van der Waals surface area contributed by atoms with Gasteiger partial charge in [0.2, 0.25) is 11.8 Å². The number of carbonyl (C=O) groups excluding carboxylic acids is 9. The fraction of sp³-hybridized carbons (Fsp3) is 0.558. The Morgan fingerprint density at radius 2 is 1.16 bits per heavy atom. The van der Waals surface area contributed by atoms with Crippen LogP contribution in [0, 0.1) is 11.8 Å². The maximum atomic E-state index is 14.3. The van der Waals surface area contributed by atoms with Crippen molar-refractivity contribution in [3.63, 3.8) is 0 Å². The minimum absolute atomic E-state index is 0.0179. The number of methoxy groups -OCH3 is 2. The summed E-state index contributed by atoms with van der Waals surface area (Å²) in [5.41, 5.74) is 2.06. The maximum absolute atomic E-state index is 14.3. The van der Waals surface area contributed by atoms with E-state index in [0.29, 0.717) is 160 Å². The van der Waals surface area contributed by atoms with Crippen molar-refractivity contribution in [2.24, 2.45) is 16.8 Å². The van der Waals surface area contributed by atoms with Crippen molar-refractivity contribution in [2.45, 2.75) is 123 Å². The number of aliphatic hydroxyl groups excluding tert-OH is 1. The van der Waals surface area contributed by atoms with E-state index in [4.69, 9.17) is 61.6 Å². The van der Waals surface area contributed by atoms with Gasteiger partial charge in [-0.15, -0.1) is 0 Å². The topological polar surface area (TPSA) is 363 Å². The number of anilines is 1. The molecular weight excluding hydrogens is 1410 g/mol. The molecule has 0 bridgehead atoms. The first kappa shape index (κ1) is 84.6. The molecule has 8 rings (SSSR count). The molecule has 590 valence electrons. The lowest BCUT2D eigenvalue weighted by Crippen LogP contribution is -2.50. The Balaban J connectivity index is 0.653. The number of nitrogens with zero attached hydrogens (tertiary/aromatic N) is 5. The zero-order valence-corrected chi connectivity index (χ0v) is 62.7. The number of hydrogen-bond donors (Lipinski definition) is 4. The van der Waals surface area contributed by atoms with Crippen LogP contribution in [-0.2, 0) is 84.4 Å². The average molecular weight is 1510 g/mol. The normalized spacial score (nSPS) is 17.7. The molecule has 0 radical (unpaired) electrons. The summed E-state index contributed by atoms with van der Waals surface area (Å²) in [5, 5.41) is 28.6. The molecule has 5 aliphatic heterocycles. The number of benzene rings is 3. The number of nitrogens with one attached hydrogen (secondary N) is 2.